The number of nitrogens with one attached hydrogen (secondary N) is 1. The molecule has 0 saturated heterocycles. The van der Waals surface area contributed by atoms with Crippen LogP contribution in [0, 0.1) is 0 Å². The number of ether oxygens (including phenoxy) is 1. The summed E-state index contributed by atoms with van der Waals surface area (Å²) in [4.78, 5) is 0. The second kappa shape index (κ2) is 14.5. The molecule has 0 saturated carbocycles. The standard InChI is InChI=1S/C15H23NOS.C7H16/c1-3-4-5-11-17-14-8-6-7-13-12(14)9-10-16-15(13)18-2;1-3-5-7-6-4-2/h6-8,15-16H,3-5,9-11H2,1-2H3;3-7H2,1-2H3. The fourth-order valence-electron chi connectivity index (χ4n) is 3.09. The van der Waals surface area contributed by atoms with E-state index in [1.807, 2.05) is 11.8 Å². The van der Waals surface area contributed by atoms with Crippen LogP contribution in [0.15, 0.2) is 18.2 Å². The van der Waals surface area contributed by atoms with E-state index in [1.54, 1.807) is 0 Å². The van der Waals surface area contributed by atoms with Gasteiger partial charge in [0.15, 0.2) is 0 Å². The summed E-state index contributed by atoms with van der Waals surface area (Å²) >= 11 is 1.86. The van der Waals surface area contributed by atoms with Crippen LogP contribution >= 0.6 is 11.8 Å². The molecule has 0 amide bonds. The van der Waals surface area contributed by atoms with Crippen molar-refractivity contribution in [1.29, 1.82) is 0 Å². The molecule has 144 valence electrons. The first-order chi connectivity index (χ1) is 12.3. The molecule has 25 heavy (non-hydrogen) atoms. The Labute approximate surface area is 160 Å². The average Bonchev–Trinajstić information content (AvgIpc) is 2.66. The number of benzene rings is 1. The van der Waals surface area contributed by atoms with Gasteiger partial charge in [0, 0.05) is 12.1 Å². The van der Waals surface area contributed by atoms with E-state index in [0.717, 1.165) is 31.7 Å². The monoisotopic (exact) mass is 365 g/mol. The molecule has 1 aromatic rings. The molecule has 1 N–H and O–H groups in total. The van der Waals surface area contributed by atoms with Crippen LogP contribution in [0.5, 0.6) is 5.75 Å². The van der Waals surface area contributed by atoms with Crippen molar-refractivity contribution in [3.63, 3.8) is 0 Å². The molecular weight excluding hydrogens is 326 g/mol. The number of unbranched alkanes of at least 4 members (excludes halogenated alkanes) is 6. The Bertz CT molecular complexity index is 446. The minimum atomic E-state index is 0.424. The molecular formula is C22H39NOS. The summed E-state index contributed by atoms with van der Waals surface area (Å²) in [6.45, 7) is 8.61. The van der Waals surface area contributed by atoms with Gasteiger partial charge in [0.25, 0.3) is 0 Å². The summed E-state index contributed by atoms with van der Waals surface area (Å²) in [6.07, 6.45) is 13.9. The van der Waals surface area contributed by atoms with Crippen molar-refractivity contribution in [2.45, 2.75) is 83.9 Å². The van der Waals surface area contributed by atoms with Crippen LogP contribution in [0.3, 0.4) is 0 Å². The quantitative estimate of drug-likeness (QED) is 0.464. The number of thioether (sulfide) groups is 1. The van der Waals surface area contributed by atoms with Gasteiger partial charge in [-0.3, -0.25) is 0 Å². The fourth-order valence-corrected chi connectivity index (χ4v) is 3.85. The van der Waals surface area contributed by atoms with Gasteiger partial charge < -0.3 is 10.1 Å². The van der Waals surface area contributed by atoms with Crippen molar-refractivity contribution in [2.75, 3.05) is 19.4 Å². The summed E-state index contributed by atoms with van der Waals surface area (Å²) in [5.74, 6) is 1.10. The Morgan fingerprint density at radius 2 is 1.68 bits per heavy atom. The average molecular weight is 366 g/mol. The van der Waals surface area contributed by atoms with E-state index < -0.39 is 0 Å². The lowest BCUT2D eigenvalue weighted by molar-refractivity contribution is 0.301. The number of fused-ring (bicyclic) bond motifs is 1. The lowest BCUT2D eigenvalue weighted by Gasteiger charge is -2.27. The Balaban J connectivity index is 0.000000381. The van der Waals surface area contributed by atoms with Crippen LogP contribution in [-0.2, 0) is 6.42 Å². The van der Waals surface area contributed by atoms with Gasteiger partial charge >= 0.3 is 0 Å². The maximum Gasteiger partial charge on any atom is 0.122 e. The SMILES string of the molecule is CCCCCCC.CCCCCOc1cccc2c1CCNC2SC. The lowest BCUT2D eigenvalue weighted by Crippen LogP contribution is -2.28. The summed E-state index contributed by atoms with van der Waals surface area (Å²) in [6, 6.07) is 6.46. The van der Waals surface area contributed by atoms with Gasteiger partial charge in [0.2, 0.25) is 0 Å². The zero-order valence-electron chi connectivity index (χ0n) is 16.9. The van der Waals surface area contributed by atoms with E-state index in [1.165, 1.54) is 56.1 Å². The van der Waals surface area contributed by atoms with E-state index in [4.69, 9.17) is 4.74 Å². The van der Waals surface area contributed by atoms with Gasteiger partial charge in [-0.25, -0.2) is 0 Å². The molecule has 0 spiro atoms. The van der Waals surface area contributed by atoms with Gasteiger partial charge in [-0.05, 0) is 30.7 Å². The normalized spacial score (nSPS) is 15.9. The topological polar surface area (TPSA) is 21.3 Å². The molecule has 2 nitrogen and oxygen atoms in total. The van der Waals surface area contributed by atoms with Crippen molar-refractivity contribution in [3.05, 3.63) is 29.3 Å². The highest BCUT2D eigenvalue weighted by molar-refractivity contribution is 7.98. The Kier molecular flexibility index (Phi) is 13.0. The van der Waals surface area contributed by atoms with Crippen LogP contribution < -0.4 is 10.1 Å². The largest absolute Gasteiger partial charge is 0.493 e. The highest BCUT2D eigenvalue weighted by Crippen LogP contribution is 2.35. The maximum absolute atomic E-state index is 5.96. The molecule has 0 aromatic heterocycles. The zero-order chi connectivity index (χ0) is 18.3. The Morgan fingerprint density at radius 1 is 1.00 bits per heavy atom. The van der Waals surface area contributed by atoms with Crippen molar-refractivity contribution in [2.24, 2.45) is 0 Å². The first-order valence-electron chi connectivity index (χ1n) is 10.3. The number of rotatable bonds is 10. The minimum Gasteiger partial charge on any atom is -0.493 e. The molecule has 2 rings (SSSR count). The molecule has 0 bridgehead atoms. The van der Waals surface area contributed by atoms with Crippen LogP contribution in [0.1, 0.15) is 88.6 Å². The summed E-state index contributed by atoms with van der Waals surface area (Å²) < 4.78 is 5.96. The molecule has 1 heterocycles. The van der Waals surface area contributed by atoms with E-state index in [-0.39, 0.29) is 0 Å². The summed E-state index contributed by atoms with van der Waals surface area (Å²) in [5.41, 5.74) is 2.81. The van der Waals surface area contributed by atoms with Gasteiger partial charge in [-0.15, -0.1) is 11.8 Å². The Hall–Kier alpha value is -0.670. The van der Waals surface area contributed by atoms with E-state index in [2.05, 4.69) is 50.5 Å². The van der Waals surface area contributed by atoms with Crippen LogP contribution in [0.25, 0.3) is 0 Å². The van der Waals surface area contributed by atoms with Gasteiger partial charge in [-0.2, -0.15) is 0 Å². The first-order valence-corrected chi connectivity index (χ1v) is 11.6. The van der Waals surface area contributed by atoms with Crippen molar-refractivity contribution >= 4 is 11.8 Å². The molecule has 1 unspecified atom stereocenters. The third-order valence-corrected chi connectivity index (χ3v) is 5.50. The highest BCUT2D eigenvalue weighted by atomic mass is 32.2. The summed E-state index contributed by atoms with van der Waals surface area (Å²) in [7, 11) is 0. The van der Waals surface area contributed by atoms with E-state index >= 15 is 0 Å². The van der Waals surface area contributed by atoms with Crippen LogP contribution in [0.2, 0.25) is 0 Å². The molecule has 1 atom stereocenters. The van der Waals surface area contributed by atoms with Crippen LogP contribution in [-0.4, -0.2) is 19.4 Å². The third-order valence-electron chi connectivity index (χ3n) is 4.60. The molecule has 0 aliphatic carbocycles. The zero-order valence-corrected chi connectivity index (χ0v) is 17.7. The lowest BCUT2D eigenvalue weighted by atomic mass is 10.00. The minimum absolute atomic E-state index is 0.424. The van der Waals surface area contributed by atoms with Crippen LogP contribution in [0.4, 0.5) is 0 Å². The second-order valence-electron chi connectivity index (χ2n) is 6.76. The van der Waals surface area contributed by atoms with E-state index in [9.17, 15) is 0 Å². The maximum atomic E-state index is 5.96. The van der Waals surface area contributed by atoms with Gasteiger partial charge in [0.1, 0.15) is 5.75 Å². The smallest absolute Gasteiger partial charge is 0.122 e. The van der Waals surface area contributed by atoms with E-state index in [0.29, 0.717) is 5.37 Å². The number of hydrogen-bond acceptors (Lipinski definition) is 3. The van der Waals surface area contributed by atoms with Crippen molar-refractivity contribution in [1.82, 2.24) is 5.32 Å². The first kappa shape index (κ1) is 22.4. The van der Waals surface area contributed by atoms with Crippen molar-refractivity contribution < 1.29 is 4.74 Å². The van der Waals surface area contributed by atoms with Crippen molar-refractivity contribution in [3.8, 4) is 5.75 Å². The molecule has 1 aliphatic rings. The molecule has 3 heteroatoms. The highest BCUT2D eigenvalue weighted by Gasteiger charge is 2.21. The number of hydrogen-bond donors (Lipinski definition) is 1. The predicted molar refractivity (Wildman–Crippen MR) is 114 cm³/mol. The van der Waals surface area contributed by atoms with Gasteiger partial charge in [0.05, 0.1) is 12.0 Å². The second-order valence-corrected chi connectivity index (χ2v) is 7.70. The predicted octanol–water partition coefficient (Wildman–Crippen LogP) is 6.74. The van der Waals surface area contributed by atoms with Gasteiger partial charge in [-0.1, -0.05) is 77.8 Å². The molecule has 0 radical (unpaired) electrons. The third kappa shape index (κ3) is 8.50. The Morgan fingerprint density at radius 3 is 2.32 bits per heavy atom. The molecule has 1 aliphatic heterocycles. The molecule has 0 fully saturated rings. The molecule has 1 aromatic carbocycles. The summed E-state index contributed by atoms with van der Waals surface area (Å²) in [5, 5.41) is 3.96. The fraction of sp³-hybridized carbons (Fsp3) is 0.727.